The Bertz CT molecular complexity index is 500. The maximum atomic E-state index is 12.2. The number of nitrogens with zero attached hydrogens (tertiary/aromatic N) is 1. The summed E-state index contributed by atoms with van der Waals surface area (Å²) >= 11 is 0. The summed E-state index contributed by atoms with van der Waals surface area (Å²) in [5, 5.41) is 0. The number of ether oxygens (including phenoxy) is 1. The molecule has 1 aliphatic heterocycles. The van der Waals surface area contributed by atoms with Crippen LogP contribution in [0.1, 0.15) is 37.3 Å². The molecule has 1 aliphatic rings. The number of hydrogen-bond donors (Lipinski definition) is 1. The van der Waals surface area contributed by atoms with Gasteiger partial charge in [0.2, 0.25) is 0 Å². The Morgan fingerprint density at radius 3 is 2.86 bits per heavy atom. The monoisotopic (exact) mass is 290 g/mol. The number of nitrogens with two attached hydrogens (primary N) is 1. The van der Waals surface area contributed by atoms with Crippen LogP contribution in [0.4, 0.5) is 0 Å². The predicted molar refractivity (Wildman–Crippen MR) is 84.5 cm³/mol. The molecule has 0 aromatic heterocycles. The Labute approximate surface area is 127 Å². The SMILES string of the molecule is Cc1ccc(C(C)C)c(OCC(=O)N2CCC(CN)C2)c1. The molecule has 1 aromatic rings. The first-order valence-corrected chi connectivity index (χ1v) is 7.72. The average Bonchev–Trinajstić information content (AvgIpc) is 2.93. The van der Waals surface area contributed by atoms with Gasteiger partial charge >= 0.3 is 0 Å². The van der Waals surface area contributed by atoms with Gasteiger partial charge in [0.15, 0.2) is 6.61 Å². The fraction of sp³-hybridized carbons (Fsp3) is 0.588. The highest BCUT2D eigenvalue weighted by Gasteiger charge is 2.25. The van der Waals surface area contributed by atoms with Gasteiger partial charge in [-0.05, 0) is 48.9 Å². The van der Waals surface area contributed by atoms with Gasteiger partial charge in [-0.15, -0.1) is 0 Å². The maximum Gasteiger partial charge on any atom is 0.260 e. The Kier molecular flexibility index (Phi) is 5.23. The topological polar surface area (TPSA) is 55.6 Å². The fourth-order valence-corrected chi connectivity index (χ4v) is 2.73. The molecular weight excluding hydrogens is 264 g/mol. The fourth-order valence-electron chi connectivity index (χ4n) is 2.73. The lowest BCUT2D eigenvalue weighted by molar-refractivity contribution is -0.132. The first kappa shape index (κ1) is 15.8. The van der Waals surface area contributed by atoms with E-state index in [-0.39, 0.29) is 12.5 Å². The largest absolute Gasteiger partial charge is 0.483 e. The van der Waals surface area contributed by atoms with Gasteiger partial charge in [0.1, 0.15) is 5.75 Å². The van der Waals surface area contributed by atoms with Crippen LogP contribution in [0, 0.1) is 12.8 Å². The number of rotatable bonds is 5. The minimum atomic E-state index is 0.0576. The third kappa shape index (κ3) is 3.97. The van der Waals surface area contributed by atoms with Gasteiger partial charge in [0.05, 0.1) is 0 Å². The van der Waals surface area contributed by atoms with Crippen LogP contribution >= 0.6 is 0 Å². The lowest BCUT2D eigenvalue weighted by atomic mass is 10.0. The molecule has 0 radical (unpaired) electrons. The molecule has 21 heavy (non-hydrogen) atoms. The van der Waals surface area contributed by atoms with Crippen molar-refractivity contribution < 1.29 is 9.53 Å². The van der Waals surface area contributed by atoms with Crippen molar-refractivity contribution in [3.63, 3.8) is 0 Å². The molecule has 2 rings (SSSR count). The number of carbonyl (C=O) groups is 1. The van der Waals surface area contributed by atoms with E-state index in [9.17, 15) is 4.79 Å². The van der Waals surface area contributed by atoms with E-state index in [2.05, 4.69) is 26.0 Å². The average molecular weight is 290 g/mol. The predicted octanol–water partition coefficient (Wildman–Crippen LogP) is 2.30. The minimum Gasteiger partial charge on any atom is -0.483 e. The molecule has 1 atom stereocenters. The van der Waals surface area contributed by atoms with Crippen LogP contribution in [0.3, 0.4) is 0 Å². The summed E-state index contributed by atoms with van der Waals surface area (Å²) in [7, 11) is 0. The summed E-state index contributed by atoms with van der Waals surface area (Å²) in [6, 6.07) is 6.17. The summed E-state index contributed by atoms with van der Waals surface area (Å²) in [5.74, 6) is 1.71. The van der Waals surface area contributed by atoms with E-state index in [0.29, 0.717) is 18.4 Å². The third-order valence-electron chi connectivity index (χ3n) is 4.11. The van der Waals surface area contributed by atoms with Gasteiger partial charge in [0.25, 0.3) is 5.91 Å². The van der Waals surface area contributed by atoms with E-state index >= 15 is 0 Å². The van der Waals surface area contributed by atoms with Crippen molar-refractivity contribution in [2.75, 3.05) is 26.2 Å². The normalized spacial score (nSPS) is 18.3. The number of aryl methyl sites for hydroxylation is 1. The molecule has 4 heteroatoms. The molecule has 0 saturated carbocycles. The quantitative estimate of drug-likeness (QED) is 0.905. The third-order valence-corrected chi connectivity index (χ3v) is 4.11. The summed E-state index contributed by atoms with van der Waals surface area (Å²) in [6.07, 6.45) is 1.00. The van der Waals surface area contributed by atoms with Gasteiger partial charge in [0, 0.05) is 13.1 Å². The molecule has 1 saturated heterocycles. The lowest BCUT2D eigenvalue weighted by Crippen LogP contribution is -2.33. The van der Waals surface area contributed by atoms with E-state index in [1.165, 1.54) is 0 Å². The van der Waals surface area contributed by atoms with Crippen molar-refractivity contribution in [3.05, 3.63) is 29.3 Å². The van der Waals surface area contributed by atoms with Gasteiger partial charge in [-0.3, -0.25) is 4.79 Å². The van der Waals surface area contributed by atoms with Gasteiger partial charge in [-0.25, -0.2) is 0 Å². The highest BCUT2D eigenvalue weighted by molar-refractivity contribution is 5.78. The van der Waals surface area contributed by atoms with Crippen LogP contribution in [-0.2, 0) is 4.79 Å². The van der Waals surface area contributed by atoms with Crippen LogP contribution in [0.15, 0.2) is 18.2 Å². The molecule has 1 amide bonds. The van der Waals surface area contributed by atoms with Crippen molar-refractivity contribution in [3.8, 4) is 5.75 Å². The standard InChI is InChI=1S/C17H26N2O2/c1-12(2)15-5-4-13(3)8-16(15)21-11-17(20)19-7-6-14(9-18)10-19/h4-5,8,12,14H,6-7,9-11,18H2,1-3H3. The van der Waals surface area contributed by atoms with Crippen LogP contribution in [0.5, 0.6) is 5.75 Å². The first-order chi connectivity index (χ1) is 10.0. The van der Waals surface area contributed by atoms with Gasteiger partial charge < -0.3 is 15.4 Å². The zero-order chi connectivity index (χ0) is 15.4. The number of benzene rings is 1. The Morgan fingerprint density at radius 2 is 2.24 bits per heavy atom. The number of hydrogen-bond acceptors (Lipinski definition) is 3. The molecule has 0 aliphatic carbocycles. The maximum absolute atomic E-state index is 12.2. The zero-order valence-electron chi connectivity index (χ0n) is 13.3. The summed E-state index contributed by atoms with van der Waals surface area (Å²) in [6.45, 7) is 8.63. The number of amides is 1. The van der Waals surface area contributed by atoms with E-state index in [4.69, 9.17) is 10.5 Å². The molecule has 1 fully saturated rings. The highest BCUT2D eigenvalue weighted by Crippen LogP contribution is 2.27. The molecule has 0 bridgehead atoms. The van der Waals surface area contributed by atoms with Crippen molar-refractivity contribution >= 4 is 5.91 Å². The molecule has 2 N–H and O–H groups in total. The second kappa shape index (κ2) is 6.94. The summed E-state index contributed by atoms with van der Waals surface area (Å²) < 4.78 is 5.80. The second-order valence-electron chi connectivity index (χ2n) is 6.21. The lowest BCUT2D eigenvalue weighted by Gasteiger charge is -2.19. The Balaban J connectivity index is 1.97. The smallest absolute Gasteiger partial charge is 0.260 e. The Morgan fingerprint density at radius 1 is 1.48 bits per heavy atom. The van der Waals surface area contributed by atoms with Gasteiger partial charge in [-0.2, -0.15) is 0 Å². The number of carbonyl (C=O) groups excluding carboxylic acids is 1. The molecular formula is C17H26N2O2. The van der Waals surface area contributed by atoms with Crippen molar-refractivity contribution in [2.45, 2.75) is 33.1 Å². The van der Waals surface area contributed by atoms with Crippen LogP contribution in [0.25, 0.3) is 0 Å². The minimum absolute atomic E-state index is 0.0576. The second-order valence-corrected chi connectivity index (χ2v) is 6.21. The molecule has 1 heterocycles. The molecule has 4 nitrogen and oxygen atoms in total. The molecule has 116 valence electrons. The first-order valence-electron chi connectivity index (χ1n) is 7.72. The van der Waals surface area contributed by atoms with E-state index in [0.717, 1.165) is 36.4 Å². The molecule has 1 unspecified atom stereocenters. The van der Waals surface area contributed by atoms with Crippen LogP contribution < -0.4 is 10.5 Å². The van der Waals surface area contributed by atoms with E-state index in [1.807, 2.05) is 17.9 Å². The van der Waals surface area contributed by atoms with E-state index < -0.39 is 0 Å². The summed E-state index contributed by atoms with van der Waals surface area (Å²) in [4.78, 5) is 14.1. The van der Waals surface area contributed by atoms with E-state index in [1.54, 1.807) is 0 Å². The highest BCUT2D eigenvalue weighted by atomic mass is 16.5. The number of likely N-dealkylation sites (tertiary alicyclic amines) is 1. The van der Waals surface area contributed by atoms with Gasteiger partial charge in [-0.1, -0.05) is 26.0 Å². The molecule has 1 aromatic carbocycles. The van der Waals surface area contributed by atoms with Crippen molar-refractivity contribution in [1.29, 1.82) is 0 Å². The Hall–Kier alpha value is -1.55. The van der Waals surface area contributed by atoms with Crippen LogP contribution in [-0.4, -0.2) is 37.0 Å². The molecule has 0 spiro atoms. The summed E-state index contributed by atoms with van der Waals surface area (Å²) in [5.41, 5.74) is 7.95. The van der Waals surface area contributed by atoms with Crippen molar-refractivity contribution in [2.24, 2.45) is 11.7 Å². The zero-order valence-corrected chi connectivity index (χ0v) is 13.3. The van der Waals surface area contributed by atoms with Crippen LogP contribution in [0.2, 0.25) is 0 Å². The van der Waals surface area contributed by atoms with Crippen molar-refractivity contribution in [1.82, 2.24) is 4.90 Å².